The Morgan fingerprint density at radius 3 is 2.53 bits per heavy atom. The summed E-state index contributed by atoms with van der Waals surface area (Å²) in [5.41, 5.74) is 6.00. The third kappa shape index (κ3) is 6.32. The van der Waals surface area contributed by atoms with Crippen LogP contribution in [0.4, 0.5) is 0 Å². The summed E-state index contributed by atoms with van der Waals surface area (Å²) in [5, 5.41) is 3.40. The van der Waals surface area contributed by atoms with Crippen molar-refractivity contribution in [2.24, 2.45) is 22.6 Å². The van der Waals surface area contributed by atoms with Crippen molar-refractivity contribution in [1.29, 1.82) is 0 Å². The van der Waals surface area contributed by atoms with Gasteiger partial charge in [0.1, 0.15) is 0 Å². The minimum absolute atomic E-state index is 0. The van der Waals surface area contributed by atoms with E-state index in [1.165, 1.54) is 57.8 Å². The second-order valence-corrected chi connectivity index (χ2v) is 6.34. The third-order valence-electron chi connectivity index (χ3n) is 4.52. The highest BCUT2D eigenvalue weighted by molar-refractivity contribution is 14.0. The molecule has 0 amide bonds. The van der Waals surface area contributed by atoms with Crippen LogP contribution < -0.4 is 11.1 Å². The molecule has 3 N–H and O–H groups in total. The number of rotatable bonds is 3. The van der Waals surface area contributed by atoms with Crippen molar-refractivity contribution in [2.45, 2.75) is 70.8 Å². The summed E-state index contributed by atoms with van der Waals surface area (Å²) in [5.74, 6) is 2.33. The van der Waals surface area contributed by atoms with E-state index in [4.69, 9.17) is 5.73 Å². The maximum atomic E-state index is 6.00. The molecule has 4 heteroatoms. The number of halogens is 1. The maximum absolute atomic E-state index is 6.00. The molecule has 0 bridgehead atoms. The Bertz CT molecular complexity index is 275. The van der Waals surface area contributed by atoms with Crippen LogP contribution in [0.15, 0.2) is 4.99 Å². The van der Waals surface area contributed by atoms with Crippen molar-refractivity contribution in [2.75, 3.05) is 6.54 Å². The second-order valence-electron chi connectivity index (χ2n) is 6.34. The Hall–Kier alpha value is 0. The molecule has 0 radical (unpaired) electrons. The molecule has 2 fully saturated rings. The van der Waals surface area contributed by atoms with Crippen LogP contribution in [0, 0.1) is 11.8 Å². The van der Waals surface area contributed by atoms with Crippen LogP contribution >= 0.6 is 24.0 Å². The van der Waals surface area contributed by atoms with Crippen LogP contribution in [0.5, 0.6) is 0 Å². The number of hydrogen-bond acceptors (Lipinski definition) is 1. The summed E-state index contributed by atoms with van der Waals surface area (Å²) in [6.45, 7) is 3.29. The Morgan fingerprint density at radius 1 is 1.11 bits per heavy atom. The fraction of sp³-hybridized carbons (Fsp3) is 0.933. The molecular formula is C15H30IN3. The number of nitrogens with two attached hydrogens (primary N) is 1. The largest absolute Gasteiger partial charge is 0.370 e. The van der Waals surface area contributed by atoms with Gasteiger partial charge in [0.05, 0.1) is 0 Å². The molecule has 0 aromatic heterocycles. The quantitative estimate of drug-likeness (QED) is 0.447. The molecule has 2 aliphatic carbocycles. The highest BCUT2D eigenvalue weighted by Crippen LogP contribution is 2.28. The van der Waals surface area contributed by atoms with E-state index < -0.39 is 0 Å². The Morgan fingerprint density at radius 2 is 1.84 bits per heavy atom. The van der Waals surface area contributed by atoms with E-state index in [-0.39, 0.29) is 24.0 Å². The van der Waals surface area contributed by atoms with Gasteiger partial charge in [-0.3, -0.25) is 4.99 Å². The predicted octanol–water partition coefficient (Wildman–Crippen LogP) is 3.67. The van der Waals surface area contributed by atoms with Gasteiger partial charge in [-0.25, -0.2) is 0 Å². The predicted molar refractivity (Wildman–Crippen MR) is 93.0 cm³/mol. The monoisotopic (exact) mass is 379 g/mol. The summed E-state index contributed by atoms with van der Waals surface area (Å²) in [6, 6.07) is 0.577. The third-order valence-corrected chi connectivity index (χ3v) is 4.52. The summed E-state index contributed by atoms with van der Waals surface area (Å²) in [4.78, 5) is 4.56. The Kier molecular flexibility index (Phi) is 8.11. The molecule has 2 rings (SSSR count). The van der Waals surface area contributed by atoms with Gasteiger partial charge in [0, 0.05) is 12.6 Å². The van der Waals surface area contributed by atoms with Crippen molar-refractivity contribution in [1.82, 2.24) is 5.32 Å². The molecule has 0 aromatic carbocycles. The second kappa shape index (κ2) is 9.03. The maximum Gasteiger partial charge on any atom is 0.188 e. The van der Waals surface area contributed by atoms with Crippen LogP contribution in [-0.2, 0) is 0 Å². The van der Waals surface area contributed by atoms with E-state index in [1.807, 2.05) is 0 Å². The lowest BCUT2D eigenvalue weighted by Gasteiger charge is -2.26. The molecule has 2 saturated carbocycles. The lowest BCUT2D eigenvalue weighted by Crippen LogP contribution is -2.41. The molecule has 3 nitrogen and oxygen atoms in total. The fourth-order valence-corrected chi connectivity index (χ4v) is 3.45. The molecule has 0 spiro atoms. The van der Waals surface area contributed by atoms with E-state index in [0.717, 1.165) is 18.4 Å². The number of nitrogens with one attached hydrogen (secondary N) is 1. The Balaban J connectivity index is 0.00000180. The van der Waals surface area contributed by atoms with E-state index in [9.17, 15) is 0 Å². The van der Waals surface area contributed by atoms with Gasteiger partial charge >= 0.3 is 0 Å². The lowest BCUT2D eigenvalue weighted by molar-refractivity contribution is 0.289. The van der Waals surface area contributed by atoms with Gasteiger partial charge in [-0.1, -0.05) is 39.0 Å². The van der Waals surface area contributed by atoms with Gasteiger partial charge in [0.2, 0.25) is 0 Å². The summed E-state index contributed by atoms with van der Waals surface area (Å²) < 4.78 is 0. The van der Waals surface area contributed by atoms with Gasteiger partial charge in [-0.05, 0) is 37.5 Å². The van der Waals surface area contributed by atoms with Gasteiger partial charge < -0.3 is 11.1 Å². The molecule has 0 aromatic rings. The molecule has 0 heterocycles. The van der Waals surface area contributed by atoms with E-state index in [1.54, 1.807) is 0 Å². The highest BCUT2D eigenvalue weighted by Gasteiger charge is 2.18. The number of nitrogens with zero attached hydrogens (tertiary/aromatic N) is 1. The normalized spacial score (nSPS) is 29.6. The van der Waals surface area contributed by atoms with E-state index in [2.05, 4.69) is 17.2 Å². The van der Waals surface area contributed by atoms with Crippen LogP contribution in [0.1, 0.15) is 64.7 Å². The summed E-state index contributed by atoms with van der Waals surface area (Å²) in [7, 11) is 0. The lowest BCUT2D eigenvalue weighted by atomic mass is 9.82. The topological polar surface area (TPSA) is 50.4 Å². The standard InChI is InChI=1S/C15H29N3.HI/c1-12-6-5-7-13(10-12)11-17-15(16)18-14-8-3-2-4-9-14;/h12-14H,2-11H2,1H3,(H3,16,17,18);1H. The summed E-state index contributed by atoms with van der Waals surface area (Å²) >= 11 is 0. The van der Waals surface area contributed by atoms with Gasteiger partial charge in [-0.15, -0.1) is 24.0 Å². The Labute approximate surface area is 135 Å². The molecule has 2 atom stereocenters. The minimum atomic E-state index is 0. The molecule has 2 aliphatic rings. The molecule has 0 aliphatic heterocycles. The zero-order valence-corrected chi connectivity index (χ0v) is 14.6. The zero-order valence-electron chi connectivity index (χ0n) is 12.2. The molecule has 2 unspecified atom stereocenters. The van der Waals surface area contributed by atoms with Gasteiger partial charge in [0.15, 0.2) is 5.96 Å². The van der Waals surface area contributed by atoms with Crippen LogP contribution in [-0.4, -0.2) is 18.5 Å². The van der Waals surface area contributed by atoms with E-state index in [0.29, 0.717) is 12.0 Å². The summed E-state index contributed by atoms with van der Waals surface area (Å²) in [6.07, 6.45) is 12.0. The van der Waals surface area contributed by atoms with Crippen LogP contribution in [0.3, 0.4) is 0 Å². The molecule has 112 valence electrons. The molecule has 0 saturated heterocycles. The number of hydrogen-bond donors (Lipinski definition) is 2. The minimum Gasteiger partial charge on any atom is -0.370 e. The average molecular weight is 379 g/mol. The van der Waals surface area contributed by atoms with Crippen molar-refractivity contribution < 1.29 is 0 Å². The van der Waals surface area contributed by atoms with Crippen molar-refractivity contribution in [3.05, 3.63) is 0 Å². The average Bonchev–Trinajstić information content (AvgIpc) is 2.38. The SMILES string of the molecule is CC1CCCC(CN=C(N)NC2CCCCC2)C1.I. The zero-order chi connectivity index (χ0) is 12.8. The molecule has 19 heavy (non-hydrogen) atoms. The highest BCUT2D eigenvalue weighted by atomic mass is 127. The first-order valence-electron chi connectivity index (χ1n) is 7.80. The van der Waals surface area contributed by atoms with Gasteiger partial charge in [-0.2, -0.15) is 0 Å². The van der Waals surface area contributed by atoms with Crippen LogP contribution in [0.2, 0.25) is 0 Å². The number of guanidine groups is 1. The van der Waals surface area contributed by atoms with Gasteiger partial charge in [0.25, 0.3) is 0 Å². The molecular weight excluding hydrogens is 349 g/mol. The first-order valence-corrected chi connectivity index (χ1v) is 7.80. The first kappa shape index (κ1) is 17.1. The first-order chi connectivity index (χ1) is 8.74. The fourth-order valence-electron chi connectivity index (χ4n) is 3.45. The number of aliphatic imine (C=N–C) groups is 1. The smallest absolute Gasteiger partial charge is 0.188 e. The van der Waals surface area contributed by atoms with E-state index >= 15 is 0 Å². The van der Waals surface area contributed by atoms with Crippen molar-refractivity contribution in [3.8, 4) is 0 Å². The van der Waals surface area contributed by atoms with Crippen molar-refractivity contribution >= 4 is 29.9 Å². The van der Waals surface area contributed by atoms with Crippen LogP contribution in [0.25, 0.3) is 0 Å². The van der Waals surface area contributed by atoms with Crippen molar-refractivity contribution in [3.63, 3.8) is 0 Å².